The van der Waals surface area contributed by atoms with Crippen molar-refractivity contribution in [1.29, 1.82) is 0 Å². The number of aromatic nitrogens is 3. The Labute approximate surface area is 147 Å². The summed E-state index contributed by atoms with van der Waals surface area (Å²) in [6, 6.07) is 20.9. The van der Waals surface area contributed by atoms with Gasteiger partial charge in [-0.25, -0.2) is 0 Å². The van der Waals surface area contributed by atoms with E-state index in [1.54, 1.807) is 0 Å². The van der Waals surface area contributed by atoms with Crippen molar-refractivity contribution in [3.05, 3.63) is 72.1 Å². The molecule has 0 aliphatic carbocycles. The molecule has 4 nitrogen and oxygen atoms in total. The maximum Gasteiger partial charge on any atom is 0.264 e. The van der Waals surface area contributed by atoms with Crippen molar-refractivity contribution in [3.63, 3.8) is 0 Å². The summed E-state index contributed by atoms with van der Waals surface area (Å²) in [5.74, 6) is 1.77. The Kier molecular flexibility index (Phi) is 4.10. The van der Waals surface area contributed by atoms with Gasteiger partial charge in [0, 0.05) is 23.9 Å². The molecule has 0 atom stereocenters. The third kappa shape index (κ3) is 3.20. The summed E-state index contributed by atoms with van der Waals surface area (Å²) < 4.78 is 8.19. The van der Waals surface area contributed by atoms with Crippen LogP contribution >= 0.6 is 0 Å². The van der Waals surface area contributed by atoms with Gasteiger partial charge in [0.25, 0.3) is 5.89 Å². The minimum atomic E-state index is 0.489. The number of hydrogen-bond acceptors (Lipinski definition) is 3. The van der Waals surface area contributed by atoms with Crippen LogP contribution in [0.4, 0.5) is 0 Å². The van der Waals surface area contributed by atoms with Crippen LogP contribution in [0.5, 0.6) is 0 Å². The average molecular weight is 331 g/mol. The quantitative estimate of drug-likeness (QED) is 0.520. The molecule has 0 saturated carbocycles. The molecule has 0 amide bonds. The highest BCUT2D eigenvalue weighted by Crippen LogP contribution is 2.28. The van der Waals surface area contributed by atoms with E-state index in [1.807, 2.05) is 6.07 Å². The lowest BCUT2D eigenvalue weighted by Crippen LogP contribution is -2.01. The molecule has 0 radical (unpaired) electrons. The Morgan fingerprint density at radius 2 is 1.72 bits per heavy atom. The van der Waals surface area contributed by atoms with Gasteiger partial charge in [-0.05, 0) is 23.6 Å². The van der Waals surface area contributed by atoms with Crippen molar-refractivity contribution in [2.45, 2.75) is 26.8 Å². The Bertz CT molecular complexity index is 983. The van der Waals surface area contributed by atoms with E-state index >= 15 is 0 Å². The van der Waals surface area contributed by atoms with Crippen molar-refractivity contribution >= 4 is 10.9 Å². The van der Waals surface area contributed by atoms with Crippen LogP contribution < -0.4 is 0 Å². The van der Waals surface area contributed by atoms with Crippen molar-refractivity contribution < 1.29 is 4.42 Å². The minimum absolute atomic E-state index is 0.489. The lowest BCUT2D eigenvalue weighted by atomic mass is 10.1. The Balaban J connectivity index is 1.80. The van der Waals surface area contributed by atoms with E-state index in [9.17, 15) is 0 Å². The number of nitrogens with zero attached hydrogens (tertiary/aromatic N) is 3. The maximum absolute atomic E-state index is 5.95. The zero-order valence-electron chi connectivity index (χ0n) is 14.5. The smallest absolute Gasteiger partial charge is 0.264 e. The Morgan fingerprint density at radius 1 is 0.960 bits per heavy atom. The third-order valence-electron chi connectivity index (χ3n) is 4.26. The topological polar surface area (TPSA) is 43.9 Å². The van der Waals surface area contributed by atoms with Gasteiger partial charge in [0.15, 0.2) is 0 Å². The summed E-state index contributed by atoms with van der Waals surface area (Å²) >= 11 is 0. The average Bonchev–Trinajstić information content (AvgIpc) is 3.20. The summed E-state index contributed by atoms with van der Waals surface area (Å²) in [6.07, 6.45) is 0.798. The largest absolute Gasteiger partial charge is 0.419 e. The first-order chi connectivity index (χ1) is 12.2. The molecule has 0 aliphatic rings. The van der Waals surface area contributed by atoms with Crippen LogP contribution in [0.25, 0.3) is 22.5 Å². The van der Waals surface area contributed by atoms with Crippen LogP contribution in [0.15, 0.2) is 65.1 Å². The zero-order chi connectivity index (χ0) is 17.2. The van der Waals surface area contributed by atoms with Crippen molar-refractivity contribution in [1.82, 2.24) is 14.8 Å². The molecule has 0 bridgehead atoms. The van der Waals surface area contributed by atoms with Gasteiger partial charge in [0.05, 0.1) is 0 Å². The summed E-state index contributed by atoms with van der Waals surface area (Å²) in [6.45, 7) is 5.07. The highest BCUT2D eigenvalue weighted by molar-refractivity contribution is 5.85. The normalized spacial score (nSPS) is 11.5. The van der Waals surface area contributed by atoms with Crippen LogP contribution in [0.2, 0.25) is 0 Å². The highest BCUT2D eigenvalue weighted by Gasteiger charge is 2.17. The minimum Gasteiger partial charge on any atom is -0.419 e. The van der Waals surface area contributed by atoms with Crippen LogP contribution in [-0.4, -0.2) is 14.8 Å². The van der Waals surface area contributed by atoms with Gasteiger partial charge in [0.1, 0.15) is 5.69 Å². The number of fused-ring (bicyclic) bond motifs is 1. The molecule has 2 heterocycles. The number of benzene rings is 2. The molecule has 4 heteroatoms. The Hall–Kier alpha value is -2.88. The molecule has 0 unspecified atom stereocenters. The van der Waals surface area contributed by atoms with Gasteiger partial charge in [-0.2, -0.15) is 0 Å². The molecule has 0 N–H and O–H groups in total. The standard InChI is InChI=1S/C21H21N3O/c1-15(2)12-20-22-23-21(25-20)19-13-17-10-6-7-11-18(17)24(19)14-16-8-4-3-5-9-16/h3-11,13,15H,12,14H2,1-2H3. The summed E-state index contributed by atoms with van der Waals surface area (Å²) in [7, 11) is 0. The van der Waals surface area contributed by atoms with E-state index in [0.717, 1.165) is 18.7 Å². The molecule has 126 valence electrons. The number of para-hydroxylation sites is 1. The second-order valence-electron chi connectivity index (χ2n) is 6.76. The van der Waals surface area contributed by atoms with Gasteiger partial charge in [0.2, 0.25) is 5.89 Å². The molecule has 0 fully saturated rings. The monoisotopic (exact) mass is 331 g/mol. The maximum atomic E-state index is 5.95. The fraction of sp³-hybridized carbons (Fsp3) is 0.238. The van der Waals surface area contributed by atoms with E-state index in [-0.39, 0.29) is 0 Å². The molecule has 4 rings (SSSR count). The number of rotatable bonds is 5. The van der Waals surface area contributed by atoms with Crippen LogP contribution in [0, 0.1) is 5.92 Å². The molecular formula is C21H21N3O. The first-order valence-corrected chi connectivity index (χ1v) is 8.65. The fourth-order valence-electron chi connectivity index (χ4n) is 3.11. The second-order valence-corrected chi connectivity index (χ2v) is 6.76. The van der Waals surface area contributed by atoms with E-state index in [4.69, 9.17) is 4.42 Å². The van der Waals surface area contributed by atoms with E-state index in [2.05, 4.69) is 83.2 Å². The Morgan fingerprint density at radius 3 is 2.52 bits per heavy atom. The van der Waals surface area contributed by atoms with Gasteiger partial charge in [-0.1, -0.05) is 62.4 Å². The zero-order valence-corrected chi connectivity index (χ0v) is 14.5. The van der Waals surface area contributed by atoms with Gasteiger partial charge < -0.3 is 8.98 Å². The van der Waals surface area contributed by atoms with Crippen molar-refractivity contribution in [2.24, 2.45) is 5.92 Å². The van der Waals surface area contributed by atoms with Crippen LogP contribution in [0.1, 0.15) is 25.3 Å². The molecule has 25 heavy (non-hydrogen) atoms. The highest BCUT2D eigenvalue weighted by atomic mass is 16.4. The lowest BCUT2D eigenvalue weighted by Gasteiger charge is -2.09. The molecular weight excluding hydrogens is 310 g/mol. The van der Waals surface area contributed by atoms with Crippen LogP contribution in [0.3, 0.4) is 0 Å². The number of hydrogen-bond donors (Lipinski definition) is 0. The van der Waals surface area contributed by atoms with Crippen LogP contribution in [-0.2, 0) is 13.0 Å². The summed E-state index contributed by atoms with van der Waals surface area (Å²) in [5.41, 5.74) is 3.38. The van der Waals surface area contributed by atoms with Gasteiger partial charge >= 0.3 is 0 Å². The van der Waals surface area contributed by atoms with E-state index < -0.39 is 0 Å². The molecule has 0 aliphatic heterocycles. The first kappa shape index (κ1) is 15.6. The lowest BCUT2D eigenvalue weighted by molar-refractivity contribution is 0.464. The predicted molar refractivity (Wildman–Crippen MR) is 99.3 cm³/mol. The van der Waals surface area contributed by atoms with Gasteiger partial charge in [-0.3, -0.25) is 0 Å². The van der Waals surface area contributed by atoms with Gasteiger partial charge in [-0.15, -0.1) is 10.2 Å². The SMILES string of the molecule is CC(C)Cc1nnc(-c2cc3ccccc3n2Cc2ccccc2)o1. The summed E-state index contributed by atoms with van der Waals surface area (Å²) in [4.78, 5) is 0. The van der Waals surface area contributed by atoms with Crippen molar-refractivity contribution in [3.8, 4) is 11.6 Å². The first-order valence-electron chi connectivity index (χ1n) is 8.65. The third-order valence-corrected chi connectivity index (χ3v) is 4.26. The molecule has 4 aromatic rings. The van der Waals surface area contributed by atoms with Crippen molar-refractivity contribution in [2.75, 3.05) is 0 Å². The molecule has 2 aromatic heterocycles. The molecule has 0 spiro atoms. The molecule has 0 saturated heterocycles. The van der Waals surface area contributed by atoms with E-state index in [1.165, 1.54) is 16.5 Å². The molecule has 2 aromatic carbocycles. The fourth-order valence-corrected chi connectivity index (χ4v) is 3.11. The predicted octanol–water partition coefficient (Wildman–Crippen LogP) is 4.94. The van der Waals surface area contributed by atoms with E-state index in [0.29, 0.717) is 17.7 Å². The second kappa shape index (κ2) is 6.55. The summed E-state index contributed by atoms with van der Waals surface area (Å²) in [5, 5.41) is 9.70.